The number of hydrogen-bond acceptors (Lipinski definition) is 4. The minimum absolute atomic E-state index is 0.133. The van der Waals surface area contributed by atoms with Gasteiger partial charge in [-0.05, 0) is 19.4 Å². The summed E-state index contributed by atoms with van der Waals surface area (Å²) in [4.78, 5) is 19.1. The van der Waals surface area contributed by atoms with Crippen molar-refractivity contribution in [1.29, 1.82) is 0 Å². The minimum atomic E-state index is -1.48. The van der Waals surface area contributed by atoms with Crippen molar-refractivity contribution in [3.63, 3.8) is 0 Å². The standard InChI is InChI=1S/C14H14FN3O2/c1-9-11(15)12(17-8-16-9)18-14(2,13(19)20)10-6-4-3-5-7-10/h3-8H,1-2H3,(H,19,20)(H,16,17,18). The minimum Gasteiger partial charge on any atom is -0.479 e. The van der Waals surface area contributed by atoms with Gasteiger partial charge < -0.3 is 10.4 Å². The van der Waals surface area contributed by atoms with Crippen molar-refractivity contribution < 1.29 is 14.3 Å². The predicted octanol–water partition coefficient (Wildman–Crippen LogP) is 2.34. The van der Waals surface area contributed by atoms with Gasteiger partial charge in [0.2, 0.25) is 0 Å². The van der Waals surface area contributed by atoms with Crippen LogP contribution in [0.25, 0.3) is 0 Å². The fourth-order valence-electron chi connectivity index (χ4n) is 1.80. The van der Waals surface area contributed by atoms with E-state index in [0.29, 0.717) is 5.56 Å². The summed E-state index contributed by atoms with van der Waals surface area (Å²) >= 11 is 0. The summed E-state index contributed by atoms with van der Waals surface area (Å²) in [7, 11) is 0. The molecule has 20 heavy (non-hydrogen) atoms. The van der Waals surface area contributed by atoms with Crippen molar-refractivity contribution in [2.45, 2.75) is 19.4 Å². The van der Waals surface area contributed by atoms with Crippen LogP contribution >= 0.6 is 0 Å². The van der Waals surface area contributed by atoms with Gasteiger partial charge in [-0.2, -0.15) is 0 Å². The zero-order valence-corrected chi connectivity index (χ0v) is 11.1. The van der Waals surface area contributed by atoms with Crippen LogP contribution in [-0.4, -0.2) is 21.0 Å². The van der Waals surface area contributed by atoms with Gasteiger partial charge in [0.25, 0.3) is 0 Å². The number of nitrogens with one attached hydrogen (secondary N) is 1. The lowest BCUT2D eigenvalue weighted by Crippen LogP contribution is -2.41. The Hall–Kier alpha value is -2.50. The monoisotopic (exact) mass is 275 g/mol. The molecule has 1 aromatic carbocycles. The van der Waals surface area contributed by atoms with Gasteiger partial charge in [0.05, 0.1) is 5.69 Å². The first-order chi connectivity index (χ1) is 9.45. The summed E-state index contributed by atoms with van der Waals surface area (Å²) in [6, 6.07) is 8.54. The van der Waals surface area contributed by atoms with Crippen LogP contribution in [0.4, 0.5) is 10.2 Å². The second kappa shape index (κ2) is 5.24. The Morgan fingerprint density at radius 1 is 1.30 bits per heavy atom. The number of halogens is 1. The fraction of sp³-hybridized carbons (Fsp3) is 0.214. The second-order valence-electron chi connectivity index (χ2n) is 4.54. The molecule has 0 bridgehead atoms. The third-order valence-electron chi connectivity index (χ3n) is 3.11. The van der Waals surface area contributed by atoms with Crippen molar-refractivity contribution in [3.8, 4) is 0 Å². The molecule has 1 atom stereocenters. The summed E-state index contributed by atoms with van der Waals surface area (Å²) in [5.74, 6) is -1.92. The molecule has 1 unspecified atom stereocenters. The number of aromatic nitrogens is 2. The molecule has 0 aliphatic carbocycles. The highest BCUT2D eigenvalue weighted by Gasteiger charge is 2.36. The zero-order chi connectivity index (χ0) is 14.8. The predicted molar refractivity (Wildman–Crippen MR) is 71.8 cm³/mol. The summed E-state index contributed by atoms with van der Waals surface area (Å²) < 4.78 is 13.9. The summed E-state index contributed by atoms with van der Waals surface area (Å²) in [6.07, 6.45) is 1.19. The van der Waals surface area contributed by atoms with Crippen LogP contribution in [0.3, 0.4) is 0 Å². The lowest BCUT2D eigenvalue weighted by Gasteiger charge is -2.27. The van der Waals surface area contributed by atoms with Crippen LogP contribution in [-0.2, 0) is 10.3 Å². The van der Waals surface area contributed by atoms with Gasteiger partial charge in [-0.15, -0.1) is 0 Å². The number of benzene rings is 1. The molecule has 0 aliphatic heterocycles. The first-order valence-corrected chi connectivity index (χ1v) is 5.99. The van der Waals surface area contributed by atoms with E-state index in [1.54, 1.807) is 30.3 Å². The van der Waals surface area contributed by atoms with Gasteiger partial charge in [-0.25, -0.2) is 19.2 Å². The van der Waals surface area contributed by atoms with E-state index >= 15 is 0 Å². The van der Waals surface area contributed by atoms with Crippen molar-refractivity contribution in [3.05, 3.63) is 53.7 Å². The Kier molecular flexibility index (Phi) is 3.65. The van der Waals surface area contributed by atoms with E-state index in [1.807, 2.05) is 0 Å². The number of carboxylic acids is 1. The highest BCUT2D eigenvalue weighted by atomic mass is 19.1. The number of anilines is 1. The second-order valence-corrected chi connectivity index (χ2v) is 4.54. The highest BCUT2D eigenvalue weighted by molar-refractivity contribution is 5.83. The molecular formula is C14H14FN3O2. The molecule has 0 aliphatic rings. The average molecular weight is 275 g/mol. The van der Waals surface area contributed by atoms with Gasteiger partial charge in [0, 0.05) is 0 Å². The molecule has 0 fully saturated rings. The quantitative estimate of drug-likeness (QED) is 0.895. The van der Waals surface area contributed by atoms with E-state index in [0.717, 1.165) is 0 Å². The van der Waals surface area contributed by atoms with Crippen molar-refractivity contribution in [2.75, 3.05) is 5.32 Å². The Labute approximate surface area is 115 Å². The molecule has 1 heterocycles. The third-order valence-corrected chi connectivity index (χ3v) is 3.11. The maximum atomic E-state index is 13.9. The number of aryl methyl sites for hydroxylation is 1. The molecule has 2 aromatic rings. The highest BCUT2D eigenvalue weighted by Crippen LogP contribution is 2.27. The van der Waals surface area contributed by atoms with Gasteiger partial charge in [0.15, 0.2) is 17.2 Å². The fourth-order valence-corrected chi connectivity index (χ4v) is 1.80. The molecule has 0 saturated heterocycles. The Bertz CT molecular complexity index is 634. The molecule has 0 radical (unpaired) electrons. The maximum Gasteiger partial charge on any atom is 0.333 e. The van der Waals surface area contributed by atoms with Crippen LogP contribution in [0, 0.1) is 12.7 Å². The van der Waals surface area contributed by atoms with Crippen LogP contribution in [0.15, 0.2) is 36.7 Å². The van der Waals surface area contributed by atoms with Crippen molar-refractivity contribution >= 4 is 11.8 Å². The van der Waals surface area contributed by atoms with Gasteiger partial charge in [-0.3, -0.25) is 0 Å². The number of carboxylic acid groups (broad SMARTS) is 1. The Morgan fingerprint density at radius 2 is 1.95 bits per heavy atom. The molecule has 2 N–H and O–H groups in total. The maximum absolute atomic E-state index is 13.9. The number of hydrogen-bond donors (Lipinski definition) is 2. The molecule has 0 saturated carbocycles. The topological polar surface area (TPSA) is 75.1 Å². The Morgan fingerprint density at radius 3 is 2.55 bits per heavy atom. The van der Waals surface area contributed by atoms with Gasteiger partial charge >= 0.3 is 5.97 Å². The number of nitrogens with zero attached hydrogens (tertiary/aromatic N) is 2. The molecule has 2 rings (SSSR count). The van der Waals surface area contributed by atoms with Gasteiger partial charge in [0.1, 0.15) is 6.33 Å². The van der Waals surface area contributed by atoms with Crippen LogP contribution in [0.5, 0.6) is 0 Å². The summed E-state index contributed by atoms with van der Waals surface area (Å²) in [5, 5.41) is 12.1. The molecule has 5 nitrogen and oxygen atoms in total. The first kappa shape index (κ1) is 13.9. The number of aliphatic carboxylic acids is 1. The van der Waals surface area contributed by atoms with Crippen molar-refractivity contribution in [1.82, 2.24) is 9.97 Å². The van der Waals surface area contributed by atoms with E-state index in [4.69, 9.17) is 0 Å². The van der Waals surface area contributed by atoms with Crippen LogP contribution in [0.1, 0.15) is 18.2 Å². The SMILES string of the molecule is Cc1ncnc(NC(C)(C(=O)O)c2ccccc2)c1F. The normalized spacial score (nSPS) is 13.6. The van der Waals surface area contributed by atoms with Crippen molar-refractivity contribution in [2.24, 2.45) is 0 Å². The van der Waals surface area contributed by atoms with E-state index in [9.17, 15) is 14.3 Å². The van der Waals surface area contributed by atoms with Gasteiger partial charge in [-0.1, -0.05) is 30.3 Å². The molecule has 0 amide bonds. The summed E-state index contributed by atoms with van der Waals surface area (Å²) in [5.41, 5.74) is -0.824. The lowest BCUT2D eigenvalue weighted by atomic mass is 9.92. The largest absolute Gasteiger partial charge is 0.479 e. The molecule has 1 aromatic heterocycles. The Balaban J connectivity index is 2.45. The van der Waals surface area contributed by atoms with Crippen LogP contribution < -0.4 is 5.32 Å². The molecule has 0 spiro atoms. The average Bonchev–Trinajstić information content (AvgIpc) is 2.44. The van der Waals surface area contributed by atoms with E-state index < -0.39 is 17.3 Å². The zero-order valence-electron chi connectivity index (χ0n) is 11.1. The number of carbonyl (C=O) groups is 1. The summed E-state index contributed by atoms with van der Waals surface area (Å²) in [6.45, 7) is 2.95. The molecule has 104 valence electrons. The van der Waals surface area contributed by atoms with E-state index in [-0.39, 0.29) is 11.5 Å². The van der Waals surface area contributed by atoms with E-state index in [1.165, 1.54) is 20.2 Å². The number of rotatable bonds is 4. The third kappa shape index (κ3) is 2.45. The van der Waals surface area contributed by atoms with Crippen LogP contribution in [0.2, 0.25) is 0 Å². The lowest BCUT2D eigenvalue weighted by molar-refractivity contribution is -0.142. The molecular weight excluding hydrogens is 261 g/mol. The molecule has 6 heteroatoms. The van der Waals surface area contributed by atoms with E-state index in [2.05, 4.69) is 15.3 Å². The smallest absolute Gasteiger partial charge is 0.333 e. The first-order valence-electron chi connectivity index (χ1n) is 5.99.